The second-order valence-electron chi connectivity index (χ2n) is 2.71. The lowest BCUT2D eigenvalue weighted by Gasteiger charge is -2.02. The standard InChI is InChI=1S/C8H9O4S/c1-6-4-8(13(10,11)12)3-2-7(6)5-9/h2-4H,5H2,1H3,(H,10,11,12). The average molecular weight is 201 g/mol. The lowest BCUT2D eigenvalue weighted by atomic mass is 10.1. The first-order valence-electron chi connectivity index (χ1n) is 3.60. The number of rotatable bonds is 2. The molecule has 4 nitrogen and oxygen atoms in total. The van der Waals surface area contributed by atoms with Crippen molar-refractivity contribution in [1.82, 2.24) is 0 Å². The zero-order chi connectivity index (χ0) is 10.1. The molecule has 5 heteroatoms. The second kappa shape index (κ2) is 3.45. The zero-order valence-electron chi connectivity index (χ0n) is 7.02. The topological polar surface area (TPSA) is 74.3 Å². The summed E-state index contributed by atoms with van der Waals surface area (Å²) in [4.78, 5) is -0.179. The summed E-state index contributed by atoms with van der Waals surface area (Å²) in [6.45, 7) is 1.24. The first-order valence-corrected chi connectivity index (χ1v) is 5.04. The summed E-state index contributed by atoms with van der Waals surface area (Å²) in [7, 11) is -4.15. The van der Waals surface area contributed by atoms with Gasteiger partial charge in [-0.25, -0.2) is 5.11 Å². The normalized spacial score (nSPS) is 11.6. The molecule has 0 saturated carbocycles. The minimum absolute atomic E-state index is 0.179. The van der Waals surface area contributed by atoms with Crippen molar-refractivity contribution in [2.45, 2.75) is 18.4 Å². The molecule has 0 amide bonds. The maximum absolute atomic E-state index is 10.7. The highest BCUT2D eigenvalue weighted by atomic mass is 32.2. The predicted octanol–water partition coefficient (Wildman–Crippen LogP) is 1.17. The number of benzene rings is 1. The van der Waals surface area contributed by atoms with E-state index in [0.29, 0.717) is 11.1 Å². The van der Waals surface area contributed by atoms with Gasteiger partial charge in [-0.05, 0) is 30.2 Å². The van der Waals surface area contributed by atoms with E-state index in [1.807, 2.05) is 0 Å². The van der Waals surface area contributed by atoms with Crippen LogP contribution >= 0.6 is 0 Å². The molecule has 0 spiro atoms. The fraction of sp³-hybridized carbons (Fsp3) is 0.250. The predicted molar refractivity (Wildman–Crippen MR) is 45.4 cm³/mol. The van der Waals surface area contributed by atoms with Crippen LogP contribution in [0.1, 0.15) is 11.1 Å². The van der Waals surface area contributed by atoms with E-state index in [1.165, 1.54) is 18.2 Å². The van der Waals surface area contributed by atoms with Gasteiger partial charge in [0.2, 0.25) is 0 Å². The molecule has 1 aromatic carbocycles. The Labute approximate surface area is 76.6 Å². The summed E-state index contributed by atoms with van der Waals surface area (Å²) in [5.74, 6) is 0. The van der Waals surface area contributed by atoms with E-state index < -0.39 is 16.7 Å². The lowest BCUT2D eigenvalue weighted by Crippen LogP contribution is -1.99. The molecule has 0 heterocycles. The van der Waals surface area contributed by atoms with E-state index in [4.69, 9.17) is 4.55 Å². The van der Waals surface area contributed by atoms with Gasteiger partial charge in [-0.2, -0.15) is 8.42 Å². The molecule has 1 rings (SSSR count). The van der Waals surface area contributed by atoms with Crippen LogP contribution in [-0.4, -0.2) is 13.0 Å². The Balaban J connectivity index is 3.26. The van der Waals surface area contributed by atoms with Gasteiger partial charge in [0.15, 0.2) is 0 Å². The molecule has 13 heavy (non-hydrogen) atoms. The van der Waals surface area contributed by atoms with Gasteiger partial charge in [-0.15, -0.1) is 0 Å². The molecule has 0 atom stereocenters. The van der Waals surface area contributed by atoms with E-state index in [1.54, 1.807) is 6.92 Å². The third-order valence-electron chi connectivity index (χ3n) is 1.77. The summed E-state index contributed by atoms with van der Waals surface area (Å²) in [6.07, 6.45) is 0. The van der Waals surface area contributed by atoms with Crippen molar-refractivity contribution >= 4 is 10.1 Å². The number of hydrogen-bond donors (Lipinski definition) is 1. The van der Waals surface area contributed by atoms with Gasteiger partial charge < -0.3 is 0 Å². The first-order chi connectivity index (χ1) is 5.95. The van der Waals surface area contributed by atoms with E-state index in [-0.39, 0.29) is 4.90 Å². The number of hydrogen-bond acceptors (Lipinski definition) is 2. The molecule has 0 fully saturated rings. The van der Waals surface area contributed by atoms with Crippen LogP contribution < -0.4 is 0 Å². The monoisotopic (exact) mass is 201 g/mol. The average Bonchev–Trinajstić information content (AvgIpc) is 2.02. The van der Waals surface area contributed by atoms with Crippen molar-refractivity contribution in [2.24, 2.45) is 0 Å². The van der Waals surface area contributed by atoms with Gasteiger partial charge in [0.1, 0.15) is 6.61 Å². The summed E-state index contributed by atoms with van der Waals surface area (Å²) in [5, 5.41) is 10.5. The van der Waals surface area contributed by atoms with Crippen molar-refractivity contribution < 1.29 is 18.1 Å². The molecular formula is C8H9O4S. The van der Waals surface area contributed by atoms with Crippen LogP contribution in [-0.2, 0) is 21.8 Å². The minimum atomic E-state index is -4.15. The molecule has 0 aromatic heterocycles. The quantitative estimate of drug-likeness (QED) is 0.730. The van der Waals surface area contributed by atoms with Gasteiger partial charge in [0.05, 0.1) is 4.90 Å². The van der Waals surface area contributed by atoms with E-state index in [9.17, 15) is 13.5 Å². The Morgan fingerprint density at radius 1 is 1.38 bits per heavy atom. The van der Waals surface area contributed by atoms with E-state index >= 15 is 0 Å². The fourth-order valence-corrected chi connectivity index (χ4v) is 1.56. The smallest absolute Gasteiger partial charge is 0.282 e. The van der Waals surface area contributed by atoms with Gasteiger partial charge in [-0.1, -0.05) is 6.07 Å². The molecule has 0 unspecified atom stereocenters. The highest BCUT2D eigenvalue weighted by Crippen LogP contribution is 2.14. The third kappa shape index (κ3) is 2.27. The van der Waals surface area contributed by atoms with Crippen LogP contribution in [0.25, 0.3) is 0 Å². The van der Waals surface area contributed by atoms with Crippen LogP contribution in [0.4, 0.5) is 0 Å². The van der Waals surface area contributed by atoms with Crippen LogP contribution in [0.5, 0.6) is 0 Å². The van der Waals surface area contributed by atoms with Crippen molar-refractivity contribution in [3.63, 3.8) is 0 Å². The maximum Gasteiger partial charge on any atom is 0.294 e. The van der Waals surface area contributed by atoms with Crippen molar-refractivity contribution in [3.8, 4) is 0 Å². The molecular weight excluding hydrogens is 192 g/mol. The first kappa shape index (κ1) is 10.2. The van der Waals surface area contributed by atoms with Crippen LogP contribution in [0.2, 0.25) is 0 Å². The summed E-state index contributed by atoms with van der Waals surface area (Å²) < 4.78 is 30.0. The molecule has 0 saturated heterocycles. The maximum atomic E-state index is 10.7. The largest absolute Gasteiger partial charge is 0.294 e. The van der Waals surface area contributed by atoms with Crippen molar-refractivity contribution in [1.29, 1.82) is 0 Å². The van der Waals surface area contributed by atoms with Gasteiger partial charge >= 0.3 is 0 Å². The highest BCUT2D eigenvalue weighted by Gasteiger charge is 2.10. The summed E-state index contributed by atoms with van der Waals surface area (Å²) in [5.41, 5.74) is 1.11. The van der Waals surface area contributed by atoms with Crippen molar-refractivity contribution in [2.75, 3.05) is 0 Å². The zero-order valence-corrected chi connectivity index (χ0v) is 7.84. The molecule has 71 valence electrons. The Hall–Kier alpha value is -0.910. The SMILES string of the molecule is Cc1cc(S(=O)(=O)O)ccc1C[O]. The molecule has 0 aliphatic rings. The fourth-order valence-electron chi connectivity index (χ4n) is 0.991. The van der Waals surface area contributed by atoms with E-state index in [2.05, 4.69) is 0 Å². The molecule has 0 aliphatic carbocycles. The van der Waals surface area contributed by atoms with Gasteiger partial charge in [0, 0.05) is 0 Å². The van der Waals surface area contributed by atoms with Crippen LogP contribution in [0.15, 0.2) is 23.1 Å². The third-order valence-corrected chi connectivity index (χ3v) is 2.62. The highest BCUT2D eigenvalue weighted by molar-refractivity contribution is 7.85. The Kier molecular flexibility index (Phi) is 2.70. The van der Waals surface area contributed by atoms with Crippen LogP contribution in [0, 0.1) is 6.92 Å². The molecule has 1 aromatic rings. The Morgan fingerprint density at radius 2 is 2.00 bits per heavy atom. The summed E-state index contributed by atoms with van der Waals surface area (Å²) >= 11 is 0. The minimum Gasteiger partial charge on any atom is -0.282 e. The molecule has 1 N–H and O–H groups in total. The molecule has 1 radical (unpaired) electrons. The van der Waals surface area contributed by atoms with Gasteiger partial charge in [0.25, 0.3) is 10.1 Å². The molecule has 0 bridgehead atoms. The van der Waals surface area contributed by atoms with Crippen molar-refractivity contribution in [3.05, 3.63) is 29.3 Å². The summed E-state index contributed by atoms with van der Waals surface area (Å²) in [6, 6.07) is 3.91. The van der Waals surface area contributed by atoms with Crippen LogP contribution in [0.3, 0.4) is 0 Å². The number of aryl methyl sites for hydroxylation is 1. The Bertz CT molecular complexity index is 408. The lowest BCUT2D eigenvalue weighted by molar-refractivity contribution is 0.177. The Morgan fingerprint density at radius 3 is 2.38 bits per heavy atom. The van der Waals surface area contributed by atoms with E-state index in [0.717, 1.165) is 0 Å². The van der Waals surface area contributed by atoms with Gasteiger partial charge in [-0.3, -0.25) is 4.55 Å². The molecule has 0 aliphatic heterocycles. The second-order valence-corrected chi connectivity index (χ2v) is 4.13.